The summed E-state index contributed by atoms with van der Waals surface area (Å²) in [6.45, 7) is 10.1. The van der Waals surface area contributed by atoms with Gasteiger partial charge in [-0.3, -0.25) is 0 Å². The third kappa shape index (κ3) is 5.84. The van der Waals surface area contributed by atoms with Crippen molar-refractivity contribution in [3.63, 3.8) is 0 Å². The van der Waals surface area contributed by atoms with Crippen LogP contribution in [0.2, 0.25) is 0 Å². The van der Waals surface area contributed by atoms with Crippen LogP contribution in [0.1, 0.15) is 58.6 Å². The Kier molecular flexibility index (Phi) is 7.04. The molecule has 0 saturated carbocycles. The molecule has 0 heterocycles. The minimum atomic E-state index is 0.359. The predicted molar refractivity (Wildman–Crippen MR) is 90.4 cm³/mol. The molecular formula is C17H28BrNO. The van der Waals surface area contributed by atoms with E-state index in [9.17, 15) is 0 Å². The van der Waals surface area contributed by atoms with E-state index in [0.717, 1.165) is 29.6 Å². The van der Waals surface area contributed by atoms with Crippen molar-refractivity contribution in [3.05, 3.63) is 28.2 Å². The van der Waals surface area contributed by atoms with Gasteiger partial charge in [0, 0.05) is 10.5 Å². The summed E-state index contributed by atoms with van der Waals surface area (Å²) < 4.78 is 6.51. The maximum Gasteiger partial charge on any atom is 0.119 e. The van der Waals surface area contributed by atoms with Gasteiger partial charge >= 0.3 is 0 Å². The Bertz CT molecular complexity index is 412. The molecule has 114 valence electrons. The van der Waals surface area contributed by atoms with E-state index < -0.39 is 0 Å². The fourth-order valence-corrected chi connectivity index (χ4v) is 2.70. The third-order valence-electron chi connectivity index (χ3n) is 3.40. The number of hydrogen-bond acceptors (Lipinski definition) is 2. The first-order chi connectivity index (χ1) is 9.37. The van der Waals surface area contributed by atoms with Gasteiger partial charge in [0.15, 0.2) is 0 Å². The molecule has 0 aliphatic rings. The Morgan fingerprint density at radius 3 is 2.55 bits per heavy atom. The molecular weight excluding hydrogens is 314 g/mol. The van der Waals surface area contributed by atoms with Gasteiger partial charge < -0.3 is 10.1 Å². The van der Waals surface area contributed by atoms with Crippen LogP contribution >= 0.6 is 15.9 Å². The molecule has 1 aromatic rings. The van der Waals surface area contributed by atoms with Gasteiger partial charge in [-0.25, -0.2) is 0 Å². The fraction of sp³-hybridized carbons (Fsp3) is 0.647. The highest BCUT2D eigenvalue weighted by Crippen LogP contribution is 2.33. The average Bonchev–Trinajstić information content (AvgIpc) is 2.39. The van der Waals surface area contributed by atoms with E-state index in [4.69, 9.17) is 4.74 Å². The monoisotopic (exact) mass is 341 g/mol. The van der Waals surface area contributed by atoms with Crippen LogP contribution in [0.15, 0.2) is 22.7 Å². The summed E-state index contributed by atoms with van der Waals surface area (Å²) in [5, 5.41) is 3.66. The molecule has 0 aromatic heterocycles. The fourth-order valence-electron chi connectivity index (χ4n) is 2.18. The Balaban J connectivity index is 2.91. The lowest BCUT2D eigenvalue weighted by molar-refractivity contribution is 0.331. The number of benzene rings is 1. The Morgan fingerprint density at radius 2 is 2.00 bits per heavy atom. The van der Waals surface area contributed by atoms with Crippen molar-refractivity contribution in [3.8, 4) is 5.75 Å². The number of halogens is 1. The lowest BCUT2D eigenvalue weighted by Crippen LogP contribution is -2.24. The summed E-state index contributed by atoms with van der Waals surface area (Å²) in [6.07, 6.45) is 3.47. The van der Waals surface area contributed by atoms with Gasteiger partial charge in [0.25, 0.3) is 0 Å². The standard InChI is InChI=1S/C17H28BrNO/c1-6-11-19-16(9-10-17(2,3)4)14-12-13(20-5)7-8-15(14)18/h7-8,12,16,19H,6,9-11H2,1-5H3. The summed E-state index contributed by atoms with van der Waals surface area (Å²) in [7, 11) is 1.72. The molecule has 0 bridgehead atoms. The van der Waals surface area contributed by atoms with E-state index >= 15 is 0 Å². The van der Waals surface area contributed by atoms with Crippen LogP contribution in [0.25, 0.3) is 0 Å². The summed E-state index contributed by atoms with van der Waals surface area (Å²) in [5.74, 6) is 0.919. The van der Waals surface area contributed by atoms with Crippen LogP contribution in [0, 0.1) is 5.41 Å². The predicted octanol–water partition coefficient (Wildman–Crippen LogP) is 5.32. The highest BCUT2D eigenvalue weighted by molar-refractivity contribution is 9.10. The maximum atomic E-state index is 5.36. The second-order valence-electron chi connectivity index (χ2n) is 6.49. The first-order valence-corrected chi connectivity index (χ1v) is 8.23. The molecule has 2 nitrogen and oxygen atoms in total. The maximum absolute atomic E-state index is 5.36. The molecule has 0 saturated heterocycles. The second kappa shape index (κ2) is 8.04. The van der Waals surface area contributed by atoms with Crippen LogP contribution < -0.4 is 10.1 Å². The van der Waals surface area contributed by atoms with Gasteiger partial charge in [-0.15, -0.1) is 0 Å². The van der Waals surface area contributed by atoms with Crippen LogP contribution in [-0.2, 0) is 0 Å². The van der Waals surface area contributed by atoms with Crippen LogP contribution in [0.4, 0.5) is 0 Å². The summed E-state index contributed by atoms with van der Waals surface area (Å²) in [6, 6.07) is 6.58. The molecule has 1 rings (SSSR count). The quantitative estimate of drug-likeness (QED) is 0.724. The normalized spacial score (nSPS) is 13.3. The molecule has 0 amide bonds. The van der Waals surface area contributed by atoms with E-state index in [2.05, 4.69) is 61.1 Å². The van der Waals surface area contributed by atoms with Crippen molar-refractivity contribution < 1.29 is 4.74 Å². The molecule has 1 aromatic carbocycles. The zero-order valence-corrected chi connectivity index (χ0v) is 15.0. The summed E-state index contributed by atoms with van der Waals surface area (Å²) >= 11 is 3.68. The van der Waals surface area contributed by atoms with Gasteiger partial charge in [-0.1, -0.05) is 43.6 Å². The molecule has 1 N–H and O–H groups in total. The van der Waals surface area contributed by atoms with E-state index in [-0.39, 0.29) is 0 Å². The zero-order chi connectivity index (χ0) is 15.2. The molecule has 0 fully saturated rings. The molecule has 0 aliphatic carbocycles. The lowest BCUT2D eigenvalue weighted by atomic mass is 9.87. The largest absolute Gasteiger partial charge is 0.497 e. The van der Waals surface area contributed by atoms with Crippen molar-refractivity contribution in [2.24, 2.45) is 5.41 Å². The van der Waals surface area contributed by atoms with E-state index in [0.29, 0.717) is 11.5 Å². The van der Waals surface area contributed by atoms with E-state index in [1.54, 1.807) is 7.11 Å². The minimum absolute atomic E-state index is 0.359. The SMILES string of the molecule is CCCNC(CCC(C)(C)C)c1cc(OC)ccc1Br. The molecule has 1 unspecified atom stereocenters. The number of nitrogens with one attached hydrogen (secondary N) is 1. The molecule has 3 heteroatoms. The van der Waals surface area contributed by atoms with Crippen LogP contribution in [-0.4, -0.2) is 13.7 Å². The Hall–Kier alpha value is -0.540. The smallest absolute Gasteiger partial charge is 0.119 e. The van der Waals surface area contributed by atoms with Gasteiger partial charge in [-0.05, 0) is 55.0 Å². The molecule has 0 spiro atoms. The number of methoxy groups -OCH3 is 1. The Morgan fingerprint density at radius 1 is 1.30 bits per heavy atom. The Labute approximate surface area is 132 Å². The average molecular weight is 342 g/mol. The highest BCUT2D eigenvalue weighted by atomic mass is 79.9. The van der Waals surface area contributed by atoms with Gasteiger partial charge in [-0.2, -0.15) is 0 Å². The third-order valence-corrected chi connectivity index (χ3v) is 4.12. The first-order valence-electron chi connectivity index (χ1n) is 7.44. The summed E-state index contributed by atoms with van der Waals surface area (Å²) in [4.78, 5) is 0. The van der Waals surface area contributed by atoms with Crippen molar-refractivity contribution in [2.45, 2.75) is 53.0 Å². The first kappa shape index (κ1) is 17.5. The van der Waals surface area contributed by atoms with Crippen molar-refractivity contribution in [1.29, 1.82) is 0 Å². The van der Waals surface area contributed by atoms with E-state index in [1.165, 1.54) is 12.0 Å². The lowest BCUT2D eigenvalue weighted by Gasteiger charge is -2.25. The van der Waals surface area contributed by atoms with Crippen LogP contribution in [0.5, 0.6) is 5.75 Å². The molecule has 0 aliphatic heterocycles. The number of ether oxygens (including phenoxy) is 1. The van der Waals surface area contributed by atoms with E-state index in [1.807, 2.05) is 6.07 Å². The van der Waals surface area contributed by atoms with Crippen molar-refractivity contribution in [1.82, 2.24) is 5.32 Å². The number of rotatable bonds is 7. The van der Waals surface area contributed by atoms with Gasteiger partial charge in [0.1, 0.15) is 5.75 Å². The van der Waals surface area contributed by atoms with Crippen molar-refractivity contribution >= 4 is 15.9 Å². The summed E-state index contributed by atoms with van der Waals surface area (Å²) in [5.41, 5.74) is 1.65. The second-order valence-corrected chi connectivity index (χ2v) is 7.35. The van der Waals surface area contributed by atoms with Crippen LogP contribution in [0.3, 0.4) is 0 Å². The van der Waals surface area contributed by atoms with Crippen molar-refractivity contribution in [2.75, 3.05) is 13.7 Å². The molecule has 1 atom stereocenters. The molecule has 0 radical (unpaired) electrons. The minimum Gasteiger partial charge on any atom is -0.497 e. The topological polar surface area (TPSA) is 21.3 Å². The molecule has 20 heavy (non-hydrogen) atoms. The van der Waals surface area contributed by atoms with Gasteiger partial charge in [0.05, 0.1) is 7.11 Å². The van der Waals surface area contributed by atoms with Gasteiger partial charge in [0.2, 0.25) is 0 Å². The zero-order valence-electron chi connectivity index (χ0n) is 13.4. The number of hydrogen-bond donors (Lipinski definition) is 1. The highest BCUT2D eigenvalue weighted by Gasteiger charge is 2.18.